The molecule has 0 aliphatic heterocycles. The van der Waals surface area contributed by atoms with Crippen LogP contribution in [0.3, 0.4) is 0 Å². The first-order valence-electron chi connectivity index (χ1n) is 5.80. The predicted octanol–water partition coefficient (Wildman–Crippen LogP) is 3.47. The van der Waals surface area contributed by atoms with Crippen LogP contribution in [0.15, 0.2) is 58.3 Å². The third-order valence-corrected chi connectivity index (χ3v) is 3.59. The van der Waals surface area contributed by atoms with Crippen molar-refractivity contribution < 1.29 is 14.6 Å². The van der Waals surface area contributed by atoms with Gasteiger partial charge in [-0.25, -0.2) is 0 Å². The molecule has 0 heterocycles. The Kier molecular flexibility index (Phi) is 4.47. The second kappa shape index (κ2) is 6.29. The van der Waals surface area contributed by atoms with Gasteiger partial charge in [0.25, 0.3) is 0 Å². The maximum atomic E-state index is 10.6. The van der Waals surface area contributed by atoms with Crippen LogP contribution in [-0.2, 0) is 11.2 Å². The van der Waals surface area contributed by atoms with E-state index in [-0.39, 0.29) is 6.42 Å². The number of ether oxygens (including phenoxy) is 1. The zero-order valence-corrected chi connectivity index (χ0v) is 11.3. The third-order valence-electron chi connectivity index (χ3n) is 2.57. The summed E-state index contributed by atoms with van der Waals surface area (Å²) in [6.07, 6.45) is 0.0630. The maximum absolute atomic E-state index is 10.6. The Balaban J connectivity index is 2.04. The molecule has 0 aromatic heterocycles. The van der Waals surface area contributed by atoms with Gasteiger partial charge in [-0.05, 0) is 42.0 Å². The second-order valence-corrected chi connectivity index (χ2v) is 5.14. The first kappa shape index (κ1) is 13.5. The van der Waals surface area contributed by atoms with Gasteiger partial charge < -0.3 is 9.84 Å². The van der Waals surface area contributed by atoms with Crippen molar-refractivity contribution in [3.63, 3.8) is 0 Å². The molecule has 3 nitrogen and oxygen atoms in total. The molecule has 2 aromatic rings. The first-order chi connectivity index (χ1) is 9.17. The third kappa shape index (κ3) is 4.03. The van der Waals surface area contributed by atoms with Gasteiger partial charge in [0, 0.05) is 9.79 Å². The summed E-state index contributed by atoms with van der Waals surface area (Å²) in [5, 5.41) is 8.70. The normalized spacial score (nSPS) is 10.2. The highest BCUT2D eigenvalue weighted by molar-refractivity contribution is 7.99. The molecule has 1 N–H and O–H groups in total. The second-order valence-electron chi connectivity index (χ2n) is 3.99. The van der Waals surface area contributed by atoms with Gasteiger partial charge in [0.15, 0.2) is 0 Å². The van der Waals surface area contributed by atoms with E-state index in [4.69, 9.17) is 9.84 Å². The largest absolute Gasteiger partial charge is 0.497 e. The maximum Gasteiger partial charge on any atom is 0.307 e. The van der Waals surface area contributed by atoms with E-state index < -0.39 is 5.97 Å². The fourth-order valence-corrected chi connectivity index (χ4v) is 2.45. The summed E-state index contributed by atoms with van der Waals surface area (Å²) in [5.41, 5.74) is 0.812. The van der Waals surface area contributed by atoms with E-state index in [9.17, 15) is 4.79 Å². The zero-order valence-electron chi connectivity index (χ0n) is 10.5. The molecule has 0 atom stereocenters. The predicted molar refractivity (Wildman–Crippen MR) is 74.9 cm³/mol. The standard InChI is InChI=1S/C15H14O3S/c1-18-12-4-8-14(9-5-12)19-13-6-2-11(3-7-13)10-15(16)17/h2-9H,10H2,1H3,(H,16,17). The van der Waals surface area contributed by atoms with Crippen LogP contribution in [0.4, 0.5) is 0 Å². The van der Waals surface area contributed by atoms with Crippen molar-refractivity contribution in [3.8, 4) is 5.75 Å². The van der Waals surface area contributed by atoms with Crippen LogP contribution < -0.4 is 4.74 Å². The summed E-state index contributed by atoms with van der Waals surface area (Å²) >= 11 is 1.63. The lowest BCUT2D eigenvalue weighted by atomic mass is 10.2. The molecule has 4 heteroatoms. The molecule has 0 saturated heterocycles. The van der Waals surface area contributed by atoms with Crippen LogP contribution in [0.2, 0.25) is 0 Å². The lowest BCUT2D eigenvalue weighted by molar-refractivity contribution is -0.136. The Hall–Kier alpha value is -1.94. The summed E-state index contributed by atoms with van der Waals surface area (Å²) in [6, 6.07) is 15.4. The molecule has 0 bridgehead atoms. The van der Waals surface area contributed by atoms with Crippen molar-refractivity contribution >= 4 is 17.7 Å². The Morgan fingerprint density at radius 1 is 1.05 bits per heavy atom. The Morgan fingerprint density at radius 3 is 2.05 bits per heavy atom. The molecule has 0 unspecified atom stereocenters. The van der Waals surface area contributed by atoms with Crippen molar-refractivity contribution in [2.45, 2.75) is 16.2 Å². The highest BCUT2D eigenvalue weighted by atomic mass is 32.2. The summed E-state index contributed by atoms with van der Waals surface area (Å²) in [6.45, 7) is 0. The molecule has 2 aromatic carbocycles. The summed E-state index contributed by atoms with van der Waals surface area (Å²) in [4.78, 5) is 12.8. The number of methoxy groups -OCH3 is 1. The van der Waals surface area contributed by atoms with Crippen molar-refractivity contribution in [2.75, 3.05) is 7.11 Å². The summed E-state index contributed by atoms with van der Waals surface area (Å²) < 4.78 is 5.11. The molecule has 0 amide bonds. The van der Waals surface area contributed by atoms with E-state index in [1.54, 1.807) is 18.9 Å². The average Bonchev–Trinajstić information content (AvgIpc) is 2.41. The van der Waals surface area contributed by atoms with Crippen LogP contribution in [-0.4, -0.2) is 18.2 Å². The highest BCUT2D eigenvalue weighted by Gasteiger charge is 2.02. The lowest BCUT2D eigenvalue weighted by Gasteiger charge is -2.04. The highest BCUT2D eigenvalue weighted by Crippen LogP contribution is 2.29. The molecule has 0 fully saturated rings. The van der Waals surface area contributed by atoms with E-state index in [0.29, 0.717) is 0 Å². The molecule has 0 aliphatic carbocycles. The molecule has 0 radical (unpaired) electrons. The van der Waals surface area contributed by atoms with Crippen LogP contribution in [0.1, 0.15) is 5.56 Å². The van der Waals surface area contributed by atoms with E-state index in [1.807, 2.05) is 48.5 Å². The van der Waals surface area contributed by atoms with Crippen LogP contribution in [0.5, 0.6) is 5.75 Å². The van der Waals surface area contributed by atoms with Gasteiger partial charge in [-0.2, -0.15) is 0 Å². The average molecular weight is 274 g/mol. The Bertz CT molecular complexity index is 547. The van der Waals surface area contributed by atoms with E-state index >= 15 is 0 Å². The van der Waals surface area contributed by atoms with Crippen LogP contribution in [0, 0.1) is 0 Å². The van der Waals surface area contributed by atoms with E-state index in [0.717, 1.165) is 21.1 Å². The van der Waals surface area contributed by atoms with Crippen molar-refractivity contribution in [1.29, 1.82) is 0 Å². The SMILES string of the molecule is COc1ccc(Sc2ccc(CC(=O)O)cc2)cc1. The minimum absolute atomic E-state index is 0.0630. The molecule has 0 saturated carbocycles. The minimum Gasteiger partial charge on any atom is -0.497 e. The lowest BCUT2D eigenvalue weighted by Crippen LogP contribution is -1.99. The summed E-state index contributed by atoms with van der Waals surface area (Å²) in [5.74, 6) is 0.0247. The van der Waals surface area contributed by atoms with Gasteiger partial charge in [0.2, 0.25) is 0 Å². The minimum atomic E-state index is -0.810. The smallest absolute Gasteiger partial charge is 0.307 e. The molecular formula is C15H14O3S. The number of carbonyl (C=O) groups is 1. The van der Waals surface area contributed by atoms with Crippen molar-refractivity contribution in [3.05, 3.63) is 54.1 Å². The van der Waals surface area contributed by atoms with Gasteiger partial charge in [-0.15, -0.1) is 0 Å². The number of carboxylic acids is 1. The molecule has 2 rings (SSSR count). The van der Waals surface area contributed by atoms with Gasteiger partial charge in [0.05, 0.1) is 13.5 Å². The molecule has 0 aliphatic rings. The molecule has 0 spiro atoms. The summed E-state index contributed by atoms with van der Waals surface area (Å²) in [7, 11) is 1.64. The topological polar surface area (TPSA) is 46.5 Å². The van der Waals surface area contributed by atoms with Gasteiger partial charge in [-0.3, -0.25) is 4.79 Å². The first-order valence-corrected chi connectivity index (χ1v) is 6.61. The number of rotatable bonds is 5. The van der Waals surface area contributed by atoms with E-state index in [1.165, 1.54) is 0 Å². The van der Waals surface area contributed by atoms with Crippen molar-refractivity contribution in [2.24, 2.45) is 0 Å². The van der Waals surface area contributed by atoms with Gasteiger partial charge >= 0.3 is 5.97 Å². The molecule has 98 valence electrons. The van der Waals surface area contributed by atoms with Crippen LogP contribution >= 0.6 is 11.8 Å². The fourth-order valence-electron chi connectivity index (χ4n) is 1.63. The van der Waals surface area contributed by atoms with Crippen LogP contribution in [0.25, 0.3) is 0 Å². The fraction of sp³-hybridized carbons (Fsp3) is 0.133. The molecule has 19 heavy (non-hydrogen) atoms. The number of aliphatic carboxylic acids is 1. The quantitative estimate of drug-likeness (QED) is 0.906. The molecular weight excluding hydrogens is 260 g/mol. The monoisotopic (exact) mass is 274 g/mol. The van der Waals surface area contributed by atoms with Crippen molar-refractivity contribution in [1.82, 2.24) is 0 Å². The van der Waals surface area contributed by atoms with Gasteiger partial charge in [0.1, 0.15) is 5.75 Å². The number of carboxylic acid groups (broad SMARTS) is 1. The Labute approximate surface area is 116 Å². The number of benzene rings is 2. The van der Waals surface area contributed by atoms with Gasteiger partial charge in [-0.1, -0.05) is 23.9 Å². The zero-order chi connectivity index (χ0) is 13.7. The number of hydrogen-bond acceptors (Lipinski definition) is 3. The van der Waals surface area contributed by atoms with E-state index in [2.05, 4.69) is 0 Å². The Morgan fingerprint density at radius 2 is 1.58 bits per heavy atom. The number of hydrogen-bond donors (Lipinski definition) is 1.